The summed E-state index contributed by atoms with van der Waals surface area (Å²) in [6.07, 6.45) is 18.2. The second-order valence-electron chi connectivity index (χ2n) is 8.49. The molecule has 31 heavy (non-hydrogen) atoms. The van der Waals surface area contributed by atoms with Crippen LogP contribution >= 0.6 is 0 Å². The smallest absolute Gasteiger partial charge is 0.338 e. The number of benzene rings is 1. The Labute approximate surface area is 189 Å². The zero-order valence-corrected chi connectivity index (χ0v) is 19.6. The average Bonchev–Trinajstić information content (AvgIpc) is 2.80. The maximum atomic E-state index is 11.9. The Bertz CT molecular complexity index is 543. The van der Waals surface area contributed by atoms with Crippen LogP contribution in [0.15, 0.2) is 24.3 Å². The molecule has 178 valence electrons. The molecule has 0 radical (unpaired) electrons. The third-order valence-corrected chi connectivity index (χ3v) is 5.66. The maximum absolute atomic E-state index is 11.9. The topological polar surface area (TPSA) is 78.8 Å². The summed E-state index contributed by atoms with van der Waals surface area (Å²) in [5, 5.41) is 21.3. The number of aliphatic hydroxyl groups is 2. The molecule has 0 heterocycles. The van der Waals surface area contributed by atoms with Crippen molar-refractivity contribution in [3.8, 4) is 0 Å². The van der Waals surface area contributed by atoms with Gasteiger partial charge >= 0.3 is 5.97 Å². The van der Waals surface area contributed by atoms with Crippen molar-refractivity contribution in [3.05, 3.63) is 29.8 Å². The van der Waals surface area contributed by atoms with E-state index in [-0.39, 0.29) is 13.2 Å². The van der Waals surface area contributed by atoms with Crippen molar-refractivity contribution in [2.75, 3.05) is 25.1 Å². The quantitative estimate of drug-likeness (QED) is 0.171. The van der Waals surface area contributed by atoms with Gasteiger partial charge < -0.3 is 20.3 Å². The van der Waals surface area contributed by atoms with Crippen molar-refractivity contribution in [1.29, 1.82) is 0 Å². The SMILES string of the molecule is CCCCCCCCCCCCCCCCNc1ccc(C(=O)OC(CO)CO)cc1. The predicted octanol–water partition coefficient (Wildman–Crippen LogP) is 6.09. The number of unbranched alkanes of at least 4 members (excludes halogenated alkanes) is 13. The van der Waals surface area contributed by atoms with Gasteiger partial charge in [-0.05, 0) is 30.7 Å². The summed E-state index contributed by atoms with van der Waals surface area (Å²) in [4.78, 5) is 11.9. The van der Waals surface area contributed by atoms with Gasteiger partial charge in [-0.3, -0.25) is 0 Å². The molecule has 0 aliphatic heterocycles. The summed E-state index contributed by atoms with van der Waals surface area (Å²) in [5.41, 5.74) is 1.39. The predicted molar refractivity (Wildman–Crippen MR) is 129 cm³/mol. The van der Waals surface area contributed by atoms with E-state index in [4.69, 9.17) is 14.9 Å². The van der Waals surface area contributed by atoms with Crippen LogP contribution < -0.4 is 5.32 Å². The van der Waals surface area contributed by atoms with Crippen LogP contribution in [0, 0.1) is 0 Å². The highest BCUT2D eigenvalue weighted by atomic mass is 16.6. The number of carbonyl (C=O) groups is 1. The van der Waals surface area contributed by atoms with Crippen LogP contribution in [-0.2, 0) is 4.74 Å². The number of nitrogens with one attached hydrogen (secondary N) is 1. The van der Waals surface area contributed by atoms with Gasteiger partial charge in [0.15, 0.2) is 0 Å². The highest BCUT2D eigenvalue weighted by molar-refractivity contribution is 5.89. The lowest BCUT2D eigenvalue weighted by atomic mass is 10.0. The lowest BCUT2D eigenvalue weighted by molar-refractivity contribution is -0.00544. The Morgan fingerprint density at radius 1 is 0.774 bits per heavy atom. The molecule has 0 aromatic heterocycles. The van der Waals surface area contributed by atoms with E-state index in [1.54, 1.807) is 12.1 Å². The standard InChI is InChI=1S/C26H45NO4/c1-2-3-4-5-6-7-8-9-10-11-12-13-14-15-20-27-24-18-16-23(17-19-24)26(30)31-25(21-28)22-29/h16-19,25,27-29H,2-15,20-22H2,1H3. The van der Waals surface area contributed by atoms with Crippen molar-refractivity contribution in [2.24, 2.45) is 0 Å². The minimum Gasteiger partial charge on any atom is -0.454 e. The van der Waals surface area contributed by atoms with Gasteiger partial charge in [0.1, 0.15) is 6.10 Å². The molecular formula is C26H45NO4. The van der Waals surface area contributed by atoms with Crippen LogP contribution in [0.1, 0.15) is 107 Å². The van der Waals surface area contributed by atoms with E-state index in [2.05, 4.69) is 12.2 Å². The first kappa shape index (κ1) is 27.4. The fraction of sp³-hybridized carbons (Fsp3) is 0.731. The molecule has 1 aromatic carbocycles. The number of carbonyl (C=O) groups excluding carboxylic acids is 1. The van der Waals surface area contributed by atoms with Gasteiger partial charge in [0.05, 0.1) is 18.8 Å². The Hall–Kier alpha value is -1.59. The molecule has 0 bridgehead atoms. The van der Waals surface area contributed by atoms with E-state index in [0.29, 0.717) is 5.56 Å². The van der Waals surface area contributed by atoms with Gasteiger partial charge in [0, 0.05) is 12.2 Å². The van der Waals surface area contributed by atoms with E-state index in [1.807, 2.05) is 12.1 Å². The van der Waals surface area contributed by atoms with Gasteiger partial charge in [-0.25, -0.2) is 4.79 Å². The number of esters is 1. The number of aliphatic hydroxyl groups excluding tert-OH is 2. The fourth-order valence-electron chi connectivity index (χ4n) is 3.63. The molecule has 0 amide bonds. The fourth-order valence-corrected chi connectivity index (χ4v) is 3.63. The Kier molecular flexibility index (Phi) is 16.9. The Morgan fingerprint density at radius 3 is 1.68 bits per heavy atom. The molecular weight excluding hydrogens is 390 g/mol. The van der Waals surface area contributed by atoms with Gasteiger partial charge in [0.25, 0.3) is 0 Å². The summed E-state index contributed by atoms with van der Waals surface area (Å²) < 4.78 is 5.01. The first-order chi connectivity index (χ1) is 15.2. The van der Waals surface area contributed by atoms with Gasteiger partial charge in [-0.1, -0.05) is 90.4 Å². The zero-order valence-electron chi connectivity index (χ0n) is 19.6. The monoisotopic (exact) mass is 435 g/mol. The van der Waals surface area contributed by atoms with Crippen LogP contribution in [0.5, 0.6) is 0 Å². The average molecular weight is 436 g/mol. The van der Waals surface area contributed by atoms with Crippen LogP contribution in [0.4, 0.5) is 5.69 Å². The van der Waals surface area contributed by atoms with E-state index in [0.717, 1.165) is 18.7 Å². The minimum atomic E-state index is -0.870. The number of rotatable bonds is 20. The molecule has 0 atom stereocenters. The van der Waals surface area contributed by atoms with Crippen LogP contribution in [0.3, 0.4) is 0 Å². The zero-order chi connectivity index (χ0) is 22.6. The molecule has 0 saturated carbocycles. The van der Waals surface area contributed by atoms with Crippen LogP contribution in [0.25, 0.3) is 0 Å². The molecule has 5 heteroatoms. The first-order valence-corrected chi connectivity index (χ1v) is 12.5. The third kappa shape index (κ3) is 14.2. The molecule has 1 aromatic rings. The number of hydrogen-bond acceptors (Lipinski definition) is 5. The van der Waals surface area contributed by atoms with Crippen LogP contribution in [-0.4, -0.2) is 42.0 Å². The van der Waals surface area contributed by atoms with Crippen molar-refractivity contribution >= 4 is 11.7 Å². The van der Waals surface area contributed by atoms with E-state index >= 15 is 0 Å². The van der Waals surface area contributed by atoms with Gasteiger partial charge in [0.2, 0.25) is 0 Å². The third-order valence-electron chi connectivity index (χ3n) is 5.66. The summed E-state index contributed by atoms with van der Waals surface area (Å²) in [7, 11) is 0. The maximum Gasteiger partial charge on any atom is 0.338 e. The second-order valence-corrected chi connectivity index (χ2v) is 8.49. The van der Waals surface area contributed by atoms with Gasteiger partial charge in [-0.2, -0.15) is 0 Å². The molecule has 1 rings (SSSR count). The highest BCUT2D eigenvalue weighted by Gasteiger charge is 2.14. The van der Waals surface area contributed by atoms with E-state index < -0.39 is 12.1 Å². The summed E-state index contributed by atoms with van der Waals surface area (Å²) in [6.45, 7) is 2.43. The van der Waals surface area contributed by atoms with Crippen LogP contribution in [0.2, 0.25) is 0 Å². The van der Waals surface area contributed by atoms with Crippen molar-refractivity contribution < 1.29 is 19.7 Å². The number of hydrogen-bond donors (Lipinski definition) is 3. The molecule has 0 spiro atoms. The number of anilines is 1. The minimum absolute atomic E-state index is 0.388. The second kappa shape index (κ2) is 19.1. The summed E-state index contributed by atoms with van der Waals surface area (Å²) in [5.74, 6) is -0.536. The molecule has 3 N–H and O–H groups in total. The Morgan fingerprint density at radius 2 is 1.23 bits per heavy atom. The largest absolute Gasteiger partial charge is 0.454 e. The molecule has 0 saturated heterocycles. The molecule has 5 nitrogen and oxygen atoms in total. The lowest BCUT2D eigenvalue weighted by Gasteiger charge is -2.13. The van der Waals surface area contributed by atoms with E-state index in [9.17, 15) is 4.79 Å². The van der Waals surface area contributed by atoms with Gasteiger partial charge in [-0.15, -0.1) is 0 Å². The van der Waals surface area contributed by atoms with Crippen molar-refractivity contribution in [2.45, 2.75) is 103 Å². The van der Waals surface area contributed by atoms with E-state index in [1.165, 1.54) is 83.5 Å². The molecule has 0 unspecified atom stereocenters. The summed E-state index contributed by atoms with van der Waals surface area (Å²) >= 11 is 0. The lowest BCUT2D eigenvalue weighted by Crippen LogP contribution is -2.25. The molecule has 0 fully saturated rings. The molecule has 0 aliphatic rings. The molecule has 0 aliphatic carbocycles. The van der Waals surface area contributed by atoms with Crippen molar-refractivity contribution in [3.63, 3.8) is 0 Å². The van der Waals surface area contributed by atoms with Crippen molar-refractivity contribution in [1.82, 2.24) is 0 Å². The Balaban J connectivity index is 1.97. The number of ether oxygens (including phenoxy) is 1. The highest BCUT2D eigenvalue weighted by Crippen LogP contribution is 2.14. The summed E-state index contributed by atoms with van der Waals surface area (Å²) in [6, 6.07) is 7.10. The normalized spacial score (nSPS) is 11.1. The first-order valence-electron chi connectivity index (χ1n) is 12.5.